The minimum absolute atomic E-state index is 0.0670. The van der Waals surface area contributed by atoms with E-state index in [4.69, 9.17) is 5.73 Å². The summed E-state index contributed by atoms with van der Waals surface area (Å²) < 4.78 is 0. The van der Waals surface area contributed by atoms with Crippen molar-refractivity contribution in [3.8, 4) is 0 Å². The number of unbranched alkanes of at least 4 members (excludes halogenated alkanes) is 9. The van der Waals surface area contributed by atoms with E-state index >= 15 is 0 Å². The average Bonchev–Trinajstić information content (AvgIpc) is 2.49. The Morgan fingerprint density at radius 1 is 1.00 bits per heavy atom. The van der Waals surface area contributed by atoms with Crippen molar-refractivity contribution in [1.29, 1.82) is 0 Å². The lowest BCUT2D eigenvalue weighted by molar-refractivity contribution is -0.123. The molecule has 0 bridgehead atoms. The van der Waals surface area contributed by atoms with Crippen LogP contribution in [-0.2, 0) is 4.79 Å². The molecule has 1 saturated heterocycles. The number of hydrogen-bond donors (Lipinski definition) is 2. The molecule has 3 nitrogen and oxygen atoms in total. The Kier molecular flexibility index (Phi) is 10.6. The van der Waals surface area contributed by atoms with Crippen molar-refractivity contribution in [3.05, 3.63) is 0 Å². The smallest absolute Gasteiger partial charge is 0.222 e. The van der Waals surface area contributed by atoms with Crippen LogP contribution in [0.5, 0.6) is 0 Å². The van der Waals surface area contributed by atoms with Gasteiger partial charge in [0, 0.05) is 6.04 Å². The van der Waals surface area contributed by atoms with E-state index in [-0.39, 0.29) is 11.8 Å². The summed E-state index contributed by atoms with van der Waals surface area (Å²) >= 11 is 0. The summed E-state index contributed by atoms with van der Waals surface area (Å²) in [7, 11) is 0. The van der Waals surface area contributed by atoms with Crippen molar-refractivity contribution in [1.82, 2.24) is 5.32 Å². The summed E-state index contributed by atoms with van der Waals surface area (Å²) in [5, 5.41) is 3.48. The van der Waals surface area contributed by atoms with Gasteiger partial charge in [0.1, 0.15) is 0 Å². The Balaban J connectivity index is 1.94. The fourth-order valence-electron chi connectivity index (χ4n) is 3.45. The molecule has 0 aliphatic carbocycles. The van der Waals surface area contributed by atoms with Gasteiger partial charge in [0.2, 0.25) is 5.91 Å². The minimum Gasteiger partial charge on any atom is -0.369 e. The van der Waals surface area contributed by atoms with Crippen molar-refractivity contribution in [2.75, 3.05) is 6.54 Å². The Bertz CT molecular complexity index is 268. The molecule has 0 radical (unpaired) electrons. The van der Waals surface area contributed by atoms with Gasteiger partial charge in [-0.15, -0.1) is 0 Å². The second-order valence-corrected chi connectivity index (χ2v) is 6.68. The molecule has 2 atom stereocenters. The normalized spacial score (nSPS) is 22.3. The number of nitrogens with two attached hydrogens (primary N) is 1. The zero-order chi connectivity index (χ0) is 15.3. The van der Waals surface area contributed by atoms with E-state index in [1.165, 1.54) is 64.2 Å². The summed E-state index contributed by atoms with van der Waals surface area (Å²) in [6.07, 6.45) is 16.8. The third-order valence-electron chi connectivity index (χ3n) is 4.82. The Labute approximate surface area is 131 Å². The molecule has 0 aromatic rings. The van der Waals surface area contributed by atoms with Gasteiger partial charge >= 0.3 is 0 Å². The summed E-state index contributed by atoms with van der Waals surface area (Å²) in [6.45, 7) is 3.32. The molecule has 0 aromatic heterocycles. The lowest BCUT2D eigenvalue weighted by Crippen LogP contribution is -2.46. The predicted molar refractivity (Wildman–Crippen MR) is 90.2 cm³/mol. The molecule has 0 spiro atoms. The summed E-state index contributed by atoms with van der Waals surface area (Å²) in [5.41, 5.74) is 5.50. The largest absolute Gasteiger partial charge is 0.369 e. The summed E-state index contributed by atoms with van der Waals surface area (Å²) in [5.74, 6) is -0.0448. The maximum atomic E-state index is 11.4. The molecular formula is C18H36N2O. The number of hydrogen-bond acceptors (Lipinski definition) is 2. The molecule has 0 saturated carbocycles. The predicted octanol–water partition coefficient (Wildman–Crippen LogP) is 4.15. The maximum Gasteiger partial charge on any atom is 0.222 e. The van der Waals surface area contributed by atoms with Crippen LogP contribution in [0.2, 0.25) is 0 Å². The highest BCUT2D eigenvalue weighted by Gasteiger charge is 2.28. The molecule has 1 fully saturated rings. The van der Waals surface area contributed by atoms with Gasteiger partial charge < -0.3 is 11.1 Å². The Morgan fingerprint density at radius 3 is 2.14 bits per heavy atom. The van der Waals surface area contributed by atoms with Crippen LogP contribution in [-0.4, -0.2) is 18.5 Å². The van der Waals surface area contributed by atoms with Gasteiger partial charge in [-0.05, 0) is 25.8 Å². The number of carbonyl (C=O) groups excluding carboxylic acids is 1. The maximum absolute atomic E-state index is 11.4. The number of piperidine rings is 1. The van der Waals surface area contributed by atoms with E-state index in [9.17, 15) is 4.79 Å². The Morgan fingerprint density at radius 2 is 1.57 bits per heavy atom. The van der Waals surface area contributed by atoms with E-state index in [0.29, 0.717) is 6.04 Å². The van der Waals surface area contributed by atoms with Crippen LogP contribution >= 0.6 is 0 Å². The number of amides is 1. The third-order valence-corrected chi connectivity index (χ3v) is 4.82. The molecule has 1 aliphatic heterocycles. The van der Waals surface area contributed by atoms with Crippen LogP contribution in [0.4, 0.5) is 0 Å². The number of nitrogens with one attached hydrogen (secondary N) is 1. The first-order chi connectivity index (χ1) is 10.3. The SMILES string of the molecule is CCCCCCCCCCCCC1NCCCC1C(N)=O. The lowest BCUT2D eigenvalue weighted by atomic mass is 9.87. The van der Waals surface area contributed by atoms with Crippen LogP contribution in [0.15, 0.2) is 0 Å². The molecule has 3 heteroatoms. The zero-order valence-electron chi connectivity index (χ0n) is 14.0. The van der Waals surface area contributed by atoms with Crippen molar-refractivity contribution in [3.63, 3.8) is 0 Å². The van der Waals surface area contributed by atoms with Crippen molar-refractivity contribution in [2.24, 2.45) is 11.7 Å². The molecule has 124 valence electrons. The fraction of sp³-hybridized carbons (Fsp3) is 0.944. The van der Waals surface area contributed by atoms with Crippen molar-refractivity contribution < 1.29 is 4.79 Å². The van der Waals surface area contributed by atoms with E-state index in [1.54, 1.807) is 0 Å². The molecule has 2 unspecified atom stereocenters. The topological polar surface area (TPSA) is 55.1 Å². The monoisotopic (exact) mass is 296 g/mol. The second-order valence-electron chi connectivity index (χ2n) is 6.68. The molecule has 1 rings (SSSR count). The first kappa shape index (κ1) is 18.5. The zero-order valence-corrected chi connectivity index (χ0v) is 14.0. The van der Waals surface area contributed by atoms with Crippen LogP contribution in [0.25, 0.3) is 0 Å². The number of carbonyl (C=O) groups is 1. The number of rotatable bonds is 12. The van der Waals surface area contributed by atoms with Gasteiger partial charge in [-0.25, -0.2) is 0 Å². The van der Waals surface area contributed by atoms with Crippen molar-refractivity contribution in [2.45, 2.75) is 96.4 Å². The van der Waals surface area contributed by atoms with E-state index in [2.05, 4.69) is 12.2 Å². The molecule has 21 heavy (non-hydrogen) atoms. The first-order valence-corrected chi connectivity index (χ1v) is 9.28. The molecule has 0 aromatic carbocycles. The fourth-order valence-corrected chi connectivity index (χ4v) is 3.45. The van der Waals surface area contributed by atoms with Gasteiger partial charge in [-0.3, -0.25) is 4.79 Å². The van der Waals surface area contributed by atoms with Gasteiger partial charge in [0.05, 0.1) is 5.92 Å². The van der Waals surface area contributed by atoms with Crippen LogP contribution in [0, 0.1) is 5.92 Å². The average molecular weight is 296 g/mol. The van der Waals surface area contributed by atoms with E-state index in [0.717, 1.165) is 25.8 Å². The molecule has 1 heterocycles. The van der Waals surface area contributed by atoms with Crippen LogP contribution in [0.1, 0.15) is 90.4 Å². The highest BCUT2D eigenvalue weighted by atomic mass is 16.1. The molecule has 1 aliphatic rings. The van der Waals surface area contributed by atoms with E-state index in [1.807, 2.05) is 0 Å². The van der Waals surface area contributed by atoms with E-state index < -0.39 is 0 Å². The third kappa shape index (κ3) is 8.45. The minimum atomic E-state index is -0.112. The van der Waals surface area contributed by atoms with Gasteiger partial charge in [0.25, 0.3) is 0 Å². The van der Waals surface area contributed by atoms with Gasteiger partial charge in [-0.2, -0.15) is 0 Å². The molecule has 3 N–H and O–H groups in total. The quantitative estimate of drug-likeness (QED) is 0.531. The summed E-state index contributed by atoms with van der Waals surface area (Å²) in [4.78, 5) is 11.4. The lowest BCUT2D eigenvalue weighted by Gasteiger charge is -2.30. The van der Waals surface area contributed by atoms with Gasteiger partial charge in [-0.1, -0.05) is 71.1 Å². The Hall–Kier alpha value is -0.570. The number of primary amides is 1. The second kappa shape index (κ2) is 12.0. The van der Waals surface area contributed by atoms with Gasteiger partial charge in [0.15, 0.2) is 0 Å². The van der Waals surface area contributed by atoms with Crippen LogP contribution < -0.4 is 11.1 Å². The standard InChI is InChI=1S/C18H36N2O/c1-2-3-4-5-6-7-8-9-10-11-14-17-16(18(19)21)13-12-15-20-17/h16-17,20H,2-15H2,1H3,(H2,19,21). The highest BCUT2D eigenvalue weighted by Crippen LogP contribution is 2.21. The highest BCUT2D eigenvalue weighted by molar-refractivity contribution is 5.77. The summed E-state index contributed by atoms with van der Waals surface area (Å²) in [6, 6.07) is 0.338. The van der Waals surface area contributed by atoms with Crippen molar-refractivity contribution >= 4 is 5.91 Å². The molecule has 1 amide bonds. The van der Waals surface area contributed by atoms with Crippen LogP contribution in [0.3, 0.4) is 0 Å². The first-order valence-electron chi connectivity index (χ1n) is 9.28. The molecular weight excluding hydrogens is 260 g/mol.